The van der Waals surface area contributed by atoms with Gasteiger partial charge in [0.1, 0.15) is 18.2 Å². The Morgan fingerprint density at radius 1 is 0.792 bits per heavy atom. The van der Waals surface area contributed by atoms with E-state index in [9.17, 15) is 5.26 Å². The molecule has 6 unspecified atom stereocenters. The number of aliphatic imine (C=N–C) groups is 1. The van der Waals surface area contributed by atoms with Crippen LogP contribution in [0.4, 0.5) is 0 Å². The van der Waals surface area contributed by atoms with Crippen LogP contribution in [0.5, 0.6) is 0 Å². The normalized spacial score (nSPS) is 29.2. The molecule has 0 saturated heterocycles. The lowest BCUT2D eigenvalue weighted by molar-refractivity contribution is 0.407. The largest absolute Gasteiger partial charge is 0.354 e. The topological polar surface area (TPSA) is 60.2 Å². The number of amidine groups is 1. The lowest BCUT2D eigenvalue weighted by Gasteiger charge is -2.40. The monoisotopic (exact) mass is 626 g/mol. The van der Waals surface area contributed by atoms with Crippen molar-refractivity contribution in [1.82, 2.24) is 10.6 Å². The molecule has 6 atom stereocenters. The lowest BCUT2D eigenvalue weighted by Crippen LogP contribution is -2.57. The van der Waals surface area contributed by atoms with E-state index in [1.54, 1.807) is 0 Å². The van der Waals surface area contributed by atoms with Crippen LogP contribution < -0.4 is 10.6 Å². The van der Waals surface area contributed by atoms with Crippen LogP contribution in [-0.2, 0) is 0 Å². The summed E-state index contributed by atoms with van der Waals surface area (Å²) in [6.07, 6.45) is 35.3. The molecule has 48 heavy (non-hydrogen) atoms. The molecule has 0 spiro atoms. The summed E-state index contributed by atoms with van der Waals surface area (Å²) >= 11 is 0. The van der Waals surface area contributed by atoms with Gasteiger partial charge in [0.2, 0.25) is 0 Å². The number of hydrogen-bond donors (Lipinski definition) is 2. The molecule has 1 heterocycles. The van der Waals surface area contributed by atoms with Crippen molar-refractivity contribution in [2.75, 3.05) is 0 Å². The van der Waals surface area contributed by atoms with Gasteiger partial charge in [-0.3, -0.25) is 5.32 Å². The third-order valence-electron chi connectivity index (χ3n) is 10.8. The summed E-state index contributed by atoms with van der Waals surface area (Å²) in [6, 6.07) is 22.1. The van der Waals surface area contributed by atoms with Crippen LogP contribution in [0, 0.1) is 29.1 Å². The molecule has 4 nitrogen and oxygen atoms in total. The Morgan fingerprint density at radius 3 is 2.42 bits per heavy atom. The van der Waals surface area contributed by atoms with Crippen LogP contribution in [-0.4, -0.2) is 18.2 Å². The zero-order valence-corrected chi connectivity index (χ0v) is 27.3. The van der Waals surface area contributed by atoms with Gasteiger partial charge >= 0.3 is 0 Å². The average molecular weight is 627 g/mol. The number of hydrogen-bond acceptors (Lipinski definition) is 4. The number of rotatable bonds is 6. The van der Waals surface area contributed by atoms with Crippen LogP contribution >= 0.6 is 0 Å². The number of nitrogens with zero attached hydrogens (tertiary/aromatic N) is 2. The Morgan fingerprint density at radius 2 is 1.67 bits per heavy atom. The lowest BCUT2D eigenvalue weighted by atomic mass is 9.65. The van der Waals surface area contributed by atoms with Crippen molar-refractivity contribution in [3.05, 3.63) is 167 Å². The highest BCUT2D eigenvalue weighted by molar-refractivity contribution is 5.88. The maximum Gasteiger partial charge on any atom is 0.125 e. The van der Waals surface area contributed by atoms with Gasteiger partial charge in [-0.2, -0.15) is 5.26 Å². The van der Waals surface area contributed by atoms with Crippen LogP contribution in [0.3, 0.4) is 0 Å². The number of nitriles is 1. The molecule has 2 aromatic rings. The average Bonchev–Trinajstić information content (AvgIpc) is 3.18. The Labute approximate surface area is 284 Å². The van der Waals surface area contributed by atoms with Crippen molar-refractivity contribution in [1.29, 1.82) is 5.26 Å². The fourth-order valence-electron chi connectivity index (χ4n) is 8.17. The fraction of sp³-hybridized carbons (Fsp3) is 0.273. The molecule has 0 radical (unpaired) electrons. The van der Waals surface area contributed by atoms with Gasteiger partial charge in [0.25, 0.3) is 0 Å². The number of nitrogens with one attached hydrogen (secondary N) is 2. The van der Waals surface area contributed by atoms with Crippen molar-refractivity contribution in [3.63, 3.8) is 0 Å². The fourth-order valence-corrected chi connectivity index (χ4v) is 8.17. The van der Waals surface area contributed by atoms with Crippen LogP contribution in [0.1, 0.15) is 50.0 Å². The van der Waals surface area contributed by atoms with Gasteiger partial charge in [0.15, 0.2) is 0 Å². The van der Waals surface area contributed by atoms with E-state index in [4.69, 9.17) is 4.99 Å². The molecule has 2 aromatic carbocycles. The summed E-state index contributed by atoms with van der Waals surface area (Å²) in [7, 11) is 0. The highest BCUT2D eigenvalue weighted by atomic mass is 15.3. The zero-order valence-electron chi connectivity index (χ0n) is 27.3. The molecule has 5 aliphatic carbocycles. The third kappa shape index (κ3) is 6.19. The van der Waals surface area contributed by atoms with Crippen LogP contribution in [0.2, 0.25) is 0 Å². The maximum absolute atomic E-state index is 9.86. The van der Waals surface area contributed by atoms with E-state index in [0.29, 0.717) is 11.8 Å². The second-order valence-corrected chi connectivity index (χ2v) is 13.6. The van der Waals surface area contributed by atoms with Crippen molar-refractivity contribution < 1.29 is 0 Å². The van der Waals surface area contributed by atoms with E-state index < -0.39 is 0 Å². The van der Waals surface area contributed by atoms with E-state index >= 15 is 0 Å². The van der Waals surface area contributed by atoms with Gasteiger partial charge in [-0.15, -0.1) is 0 Å². The molecule has 0 amide bonds. The van der Waals surface area contributed by atoms with E-state index in [2.05, 4.69) is 144 Å². The maximum atomic E-state index is 9.86. The Hall–Kier alpha value is -4.98. The highest BCUT2D eigenvalue weighted by Gasteiger charge is 2.37. The molecule has 8 rings (SSSR count). The number of allylic oxidation sites excluding steroid dienone is 15. The van der Waals surface area contributed by atoms with Gasteiger partial charge in [-0.25, -0.2) is 4.99 Å². The summed E-state index contributed by atoms with van der Waals surface area (Å²) in [5.41, 5.74) is 10.2. The van der Waals surface area contributed by atoms with Gasteiger partial charge in [0.05, 0.1) is 6.07 Å². The van der Waals surface area contributed by atoms with Crippen LogP contribution in [0.15, 0.2) is 166 Å². The SMILES string of the molecule is N#CC1=CC2C(C3=CC=C(C4NC(C5C=CC=CC5)=NC(C5=CC=CCC5)N4)CC3)=CCC(c3ccc(-c4ccccc4)cc3)C2C=C1. The molecule has 238 valence electrons. The van der Waals surface area contributed by atoms with Gasteiger partial charge in [-0.05, 0) is 95.4 Å². The molecule has 0 bridgehead atoms. The summed E-state index contributed by atoms with van der Waals surface area (Å²) in [4.78, 5) is 5.19. The quantitative estimate of drug-likeness (QED) is 0.336. The van der Waals surface area contributed by atoms with Crippen molar-refractivity contribution in [2.24, 2.45) is 22.7 Å². The van der Waals surface area contributed by atoms with E-state index in [1.165, 1.54) is 39.0 Å². The molecule has 0 aromatic heterocycles. The zero-order chi connectivity index (χ0) is 32.3. The molecular weight excluding hydrogens is 585 g/mol. The predicted octanol–water partition coefficient (Wildman–Crippen LogP) is 9.32. The standard InChI is InChI=1S/C44H42N4/c45-29-30-16-25-40-38(33-19-17-32(18-20-33)31-10-4-1-5-11-31)26-27-39(41(40)28-30)34-21-23-37(24-22-34)44-47-42(35-12-6-2-7-13-35)46-43(48-44)36-14-8-3-9-15-36/h1-8,10-12,14,16-21,23,25,27-28,35,38,40-41,43-44,48H,9,13,15,22,24,26H2,(H,46,47). The Kier molecular flexibility index (Phi) is 8.62. The second kappa shape index (κ2) is 13.6. The smallest absolute Gasteiger partial charge is 0.125 e. The molecule has 0 fully saturated rings. The van der Waals surface area contributed by atoms with Crippen molar-refractivity contribution >= 4 is 5.84 Å². The first-order valence-electron chi connectivity index (χ1n) is 17.6. The number of fused-ring (bicyclic) bond motifs is 1. The summed E-state index contributed by atoms with van der Waals surface area (Å²) in [5, 5.41) is 17.5. The molecule has 4 heteroatoms. The van der Waals surface area contributed by atoms with Gasteiger partial charge < -0.3 is 5.32 Å². The van der Waals surface area contributed by atoms with E-state index in [0.717, 1.165) is 49.9 Å². The minimum atomic E-state index is -0.00847. The molecule has 0 saturated carbocycles. The van der Waals surface area contributed by atoms with Gasteiger partial charge in [0, 0.05) is 17.4 Å². The molecule has 2 N–H and O–H groups in total. The minimum Gasteiger partial charge on any atom is -0.354 e. The first kappa shape index (κ1) is 30.4. The number of benzene rings is 2. The highest BCUT2D eigenvalue weighted by Crippen LogP contribution is 2.48. The molecule has 1 aliphatic heterocycles. The first-order chi connectivity index (χ1) is 23.7. The van der Waals surface area contributed by atoms with Gasteiger partial charge in [-0.1, -0.05) is 128 Å². The van der Waals surface area contributed by atoms with E-state index in [1.807, 2.05) is 6.08 Å². The predicted molar refractivity (Wildman–Crippen MR) is 197 cm³/mol. The summed E-state index contributed by atoms with van der Waals surface area (Å²) < 4.78 is 0. The molecular formula is C44H42N4. The van der Waals surface area contributed by atoms with E-state index in [-0.39, 0.29) is 24.2 Å². The van der Waals surface area contributed by atoms with Crippen LogP contribution in [0.25, 0.3) is 11.1 Å². The Bertz CT molecular complexity index is 1900. The first-order valence-corrected chi connectivity index (χ1v) is 17.6. The third-order valence-corrected chi connectivity index (χ3v) is 10.8. The molecule has 6 aliphatic rings. The van der Waals surface area contributed by atoms with Crippen molar-refractivity contribution in [3.8, 4) is 17.2 Å². The second-order valence-electron chi connectivity index (χ2n) is 13.6. The summed E-state index contributed by atoms with van der Waals surface area (Å²) in [6.45, 7) is 0. The minimum absolute atomic E-state index is 0.00847. The summed E-state index contributed by atoms with van der Waals surface area (Å²) in [5.74, 6) is 2.27. The van der Waals surface area contributed by atoms with Crippen molar-refractivity contribution in [2.45, 2.75) is 56.8 Å². The Balaban J connectivity index is 1.05.